The van der Waals surface area contributed by atoms with E-state index >= 15 is 0 Å². The number of rotatable bonds is 6. The van der Waals surface area contributed by atoms with Crippen molar-refractivity contribution in [3.05, 3.63) is 35.1 Å². The van der Waals surface area contributed by atoms with Gasteiger partial charge >= 0.3 is 0 Å². The van der Waals surface area contributed by atoms with Crippen LogP contribution in [0, 0.1) is 12.7 Å². The lowest BCUT2D eigenvalue weighted by molar-refractivity contribution is -0.00960. The first-order valence-corrected chi connectivity index (χ1v) is 6.79. The molecule has 0 spiro atoms. The van der Waals surface area contributed by atoms with Gasteiger partial charge in [-0.15, -0.1) is 0 Å². The summed E-state index contributed by atoms with van der Waals surface area (Å²) in [6.07, 6.45) is 3.66. The van der Waals surface area contributed by atoms with Crippen LogP contribution in [0.3, 0.4) is 0 Å². The van der Waals surface area contributed by atoms with Gasteiger partial charge in [-0.05, 0) is 62.9 Å². The van der Waals surface area contributed by atoms with Gasteiger partial charge in [0.25, 0.3) is 0 Å². The topological polar surface area (TPSA) is 21.3 Å². The van der Waals surface area contributed by atoms with Crippen molar-refractivity contribution in [2.75, 3.05) is 13.2 Å². The van der Waals surface area contributed by atoms with Gasteiger partial charge in [0.15, 0.2) is 0 Å². The van der Waals surface area contributed by atoms with E-state index in [1.54, 1.807) is 6.07 Å². The molecular weight excluding hydrogens is 229 g/mol. The minimum Gasteiger partial charge on any atom is -0.378 e. The van der Waals surface area contributed by atoms with Gasteiger partial charge in [0.2, 0.25) is 0 Å². The van der Waals surface area contributed by atoms with Crippen molar-refractivity contribution in [3.8, 4) is 0 Å². The maximum absolute atomic E-state index is 12.9. The lowest BCUT2D eigenvalue weighted by Gasteiger charge is -2.35. The molecule has 2 nitrogen and oxygen atoms in total. The Morgan fingerprint density at radius 1 is 1.39 bits per heavy atom. The monoisotopic (exact) mass is 251 g/mol. The van der Waals surface area contributed by atoms with E-state index < -0.39 is 0 Å². The van der Waals surface area contributed by atoms with Crippen LogP contribution in [0.2, 0.25) is 0 Å². The maximum atomic E-state index is 12.9. The van der Waals surface area contributed by atoms with Gasteiger partial charge < -0.3 is 10.1 Å². The highest BCUT2D eigenvalue weighted by Gasteiger charge is 2.28. The van der Waals surface area contributed by atoms with Crippen LogP contribution in [0.5, 0.6) is 0 Å². The molecule has 0 saturated heterocycles. The third-order valence-corrected chi connectivity index (χ3v) is 3.63. The first kappa shape index (κ1) is 13.5. The lowest BCUT2D eigenvalue weighted by Crippen LogP contribution is -2.46. The molecule has 0 amide bonds. The molecular formula is C15H22FNO. The Bertz CT molecular complexity index is 388. The normalized spacial score (nSPS) is 22.8. The second-order valence-electron chi connectivity index (χ2n) is 5.02. The van der Waals surface area contributed by atoms with Crippen LogP contribution >= 0.6 is 0 Å². The summed E-state index contributed by atoms with van der Waals surface area (Å²) in [7, 11) is 0. The number of hydrogen-bond donors (Lipinski definition) is 1. The number of aryl methyl sites for hydroxylation is 1. The van der Waals surface area contributed by atoms with Crippen LogP contribution in [0.1, 0.15) is 30.9 Å². The first-order valence-electron chi connectivity index (χ1n) is 6.79. The molecule has 1 aliphatic carbocycles. The van der Waals surface area contributed by atoms with Crippen LogP contribution in [-0.4, -0.2) is 25.3 Å². The minimum absolute atomic E-state index is 0.150. The fraction of sp³-hybridized carbons (Fsp3) is 0.600. The van der Waals surface area contributed by atoms with Gasteiger partial charge in [-0.3, -0.25) is 0 Å². The summed E-state index contributed by atoms with van der Waals surface area (Å²) in [6, 6.07) is 5.62. The Morgan fingerprint density at radius 3 is 2.83 bits per heavy atom. The molecule has 1 N–H and O–H groups in total. The van der Waals surface area contributed by atoms with E-state index in [9.17, 15) is 4.39 Å². The molecule has 0 atom stereocenters. The number of nitrogens with one attached hydrogen (secondary N) is 1. The molecule has 0 aliphatic heterocycles. The summed E-state index contributed by atoms with van der Waals surface area (Å²) < 4.78 is 18.5. The second kappa shape index (κ2) is 6.30. The van der Waals surface area contributed by atoms with E-state index in [1.165, 1.54) is 11.6 Å². The highest BCUT2D eigenvalue weighted by Crippen LogP contribution is 2.23. The molecule has 1 aromatic carbocycles. The van der Waals surface area contributed by atoms with Gasteiger partial charge in [-0.2, -0.15) is 0 Å². The van der Waals surface area contributed by atoms with Crippen molar-refractivity contribution < 1.29 is 9.13 Å². The molecule has 0 bridgehead atoms. The molecule has 1 saturated carbocycles. The molecule has 0 radical (unpaired) electrons. The summed E-state index contributed by atoms with van der Waals surface area (Å²) in [4.78, 5) is 0. The van der Waals surface area contributed by atoms with Gasteiger partial charge in [-0.25, -0.2) is 4.39 Å². The van der Waals surface area contributed by atoms with Gasteiger partial charge in [0.05, 0.1) is 6.10 Å². The van der Waals surface area contributed by atoms with E-state index in [4.69, 9.17) is 4.74 Å². The number of benzene rings is 1. The van der Waals surface area contributed by atoms with Crippen LogP contribution in [0.15, 0.2) is 18.2 Å². The van der Waals surface area contributed by atoms with Crippen LogP contribution < -0.4 is 5.32 Å². The fourth-order valence-corrected chi connectivity index (χ4v) is 2.45. The zero-order chi connectivity index (χ0) is 13.0. The average molecular weight is 251 g/mol. The summed E-state index contributed by atoms with van der Waals surface area (Å²) in [5.41, 5.74) is 2.27. The van der Waals surface area contributed by atoms with Crippen molar-refractivity contribution >= 4 is 0 Å². The van der Waals surface area contributed by atoms with Crippen molar-refractivity contribution in [3.63, 3.8) is 0 Å². The van der Waals surface area contributed by atoms with Gasteiger partial charge in [-0.1, -0.05) is 6.07 Å². The summed E-state index contributed by atoms with van der Waals surface area (Å²) >= 11 is 0. The zero-order valence-corrected chi connectivity index (χ0v) is 11.2. The predicted molar refractivity (Wildman–Crippen MR) is 71.3 cm³/mol. The number of ether oxygens (including phenoxy) is 1. The molecule has 2 rings (SSSR count). The standard InChI is InChI=1S/C15H22FNO/c1-3-18-15-9-14(10-15)17-7-6-12-4-5-13(16)8-11(12)2/h4-5,8,14-15,17H,3,6-7,9-10H2,1-2H3. The predicted octanol–water partition coefficient (Wildman–Crippen LogP) is 2.83. The second-order valence-corrected chi connectivity index (χ2v) is 5.02. The maximum Gasteiger partial charge on any atom is 0.123 e. The highest BCUT2D eigenvalue weighted by atomic mass is 19.1. The zero-order valence-electron chi connectivity index (χ0n) is 11.2. The molecule has 100 valence electrons. The van der Waals surface area contributed by atoms with Crippen molar-refractivity contribution in [2.24, 2.45) is 0 Å². The first-order chi connectivity index (χ1) is 8.69. The van der Waals surface area contributed by atoms with E-state index in [1.807, 2.05) is 19.9 Å². The molecule has 0 heterocycles. The van der Waals surface area contributed by atoms with Crippen LogP contribution in [0.4, 0.5) is 4.39 Å². The van der Waals surface area contributed by atoms with Gasteiger partial charge in [0.1, 0.15) is 5.82 Å². The Hall–Kier alpha value is -0.930. The molecule has 1 aromatic rings. The van der Waals surface area contributed by atoms with E-state index in [0.29, 0.717) is 12.1 Å². The molecule has 0 aromatic heterocycles. The average Bonchev–Trinajstić information content (AvgIpc) is 2.28. The largest absolute Gasteiger partial charge is 0.378 e. The number of hydrogen-bond acceptors (Lipinski definition) is 2. The number of halogens is 1. The SMILES string of the molecule is CCOC1CC(NCCc2ccc(F)cc2C)C1. The molecule has 18 heavy (non-hydrogen) atoms. The van der Waals surface area contributed by atoms with E-state index in [0.717, 1.165) is 38.0 Å². The van der Waals surface area contributed by atoms with Gasteiger partial charge in [0, 0.05) is 12.6 Å². The van der Waals surface area contributed by atoms with Crippen LogP contribution in [-0.2, 0) is 11.2 Å². The van der Waals surface area contributed by atoms with Crippen LogP contribution in [0.25, 0.3) is 0 Å². The lowest BCUT2D eigenvalue weighted by atomic mass is 9.89. The Balaban J connectivity index is 1.67. The third kappa shape index (κ3) is 3.53. The third-order valence-electron chi connectivity index (χ3n) is 3.63. The molecule has 1 fully saturated rings. The Labute approximate surface area is 109 Å². The quantitative estimate of drug-likeness (QED) is 0.839. The molecule has 3 heteroatoms. The molecule has 1 aliphatic rings. The van der Waals surface area contributed by atoms with E-state index in [-0.39, 0.29) is 5.82 Å². The smallest absolute Gasteiger partial charge is 0.123 e. The summed E-state index contributed by atoms with van der Waals surface area (Å²) in [6.45, 7) is 5.77. The summed E-state index contributed by atoms with van der Waals surface area (Å²) in [5.74, 6) is -0.150. The summed E-state index contributed by atoms with van der Waals surface area (Å²) in [5, 5.41) is 3.52. The Kier molecular flexibility index (Phi) is 4.72. The molecule has 0 unspecified atom stereocenters. The van der Waals surface area contributed by atoms with Crippen molar-refractivity contribution in [2.45, 2.75) is 45.3 Å². The minimum atomic E-state index is -0.150. The fourth-order valence-electron chi connectivity index (χ4n) is 2.45. The van der Waals surface area contributed by atoms with E-state index in [2.05, 4.69) is 5.32 Å². The van der Waals surface area contributed by atoms with Crippen molar-refractivity contribution in [1.82, 2.24) is 5.32 Å². The highest BCUT2D eigenvalue weighted by molar-refractivity contribution is 5.26. The van der Waals surface area contributed by atoms with Crippen molar-refractivity contribution in [1.29, 1.82) is 0 Å². The Morgan fingerprint density at radius 2 is 2.17 bits per heavy atom.